The Bertz CT molecular complexity index is 436. The van der Waals surface area contributed by atoms with E-state index in [1.807, 2.05) is 0 Å². The van der Waals surface area contributed by atoms with Crippen molar-refractivity contribution in [3.05, 3.63) is 0 Å². The summed E-state index contributed by atoms with van der Waals surface area (Å²) < 4.78 is 33.0. The summed E-state index contributed by atoms with van der Waals surface area (Å²) in [5.41, 5.74) is -0.789. The third kappa shape index (κ3) is 5.26. The normalized spacial score (nSPS) is 14.9. The molecule has 8 nitrogen and oxygen atoms in total. The molecule has 1 amide bonds. The summed E-state index contributed by atoms with van der Waals surface area (Å²) in [6, 6.07) is 0. The van der Waals surface area contributed by atoms with Crippen LogP contribution in [0.2, 0.25) is 0 Å². The van der Waals surface area contributed by atoms with Crippen LogP contribution in [-0.2, 0) is 27.9 Å². The number of hydrogen-bond acceptors (Lipinski definition) is 7. The highest BCUT2D eigenvalue weighted by atomic mass is 31.2. The van der Waals surface area contributed by atoms with Crippen molar-refractivity contribution < 1.29 is 32.7 Å². The predicted octanol–water partition coefficient (Wildman–Crippen LogP) is 2.67. The largest absolute Gasteiger partial charge is 0.467 e. The summed E-state index contributed by atoms with van der Waals surface area (Å²) in [6.07, 6.45) is -0.931. The smallest absolute Gasteiger partial charge is 0.409 e. The van der Waals surface area contributed by atoms with Crippen LogP contribution in [0.3, 0.4) is 0 Å². The zero-order valence-electron chi connectivity index (χ0n) is 14.2. The lowest BCUT2D eigenvalue weighted by Gasteiger charge is -2.34. The molecule has 0 aliphatic heterocycles. The molecule has 0 spiro atoms. The van der Waals surface area contributed by atoms with Gasteiger partial charge >= 0.3 is 19.7 Å². The van der Waals surface area contributed by atoms with Crippen molar-refractivity contribution in [3.63, 3.8) is 0 Å². The molecule has 9 heteroatoms. The van der Waals surface area contributed by atoms with Gasteiger partial charge in [-0.3, -0.25) is 9.88 Å². The van der Waals surface area contributed by atoms with Crippen molar-refractivity contribution in [1.29, 1.82) is 0 Å². The first kappa shape index (κ1) is 20.9. The van der Waals surface area contributed by atoms with Gasteiger partial charge in [-0.1, -0.05) is 0 Å². The van der Waals surface area contributed by atoms with Crippen LogP contribution in [0.4, 0.5) is 4.79 Å². The number of carbonyl (C=O) groups excluding carboxylic acids is 2. The van der Waals surface area contributed by atoms with Crippen molar-refractivity contribution in [2.75, 3.05) is 20.3 Å². The van der Waals surface area contributed by atoms with Crippen molar-refractivity contribution in [2.24, 2.45) is 0 Å². The topological polar surface area (TPSA) is 100 Å². The zero-order chi connectivity index (χ0) is 17.6. The summed E-state index contributed by atoms with van der Waals surface area (Å²) >= 11 is 0. The first-order chi connectivity index (χ1) is 9.95. The highest BCUT2D eigenvalue weighted by Crippen LogP contribution is 2.59. The summed E-state index contributed by atoms with van der Waals surface area (Å²) in [5.74, 6) is -0.955. The van der Waals surface area contributed by atoms with Gasteiger partial charge in [-0.2, -0.15) is 0 Å². The zero-order valence-corrected chi connectivity index (χ0v) is 15.1. The molecule has 0 aliphatic carbocycles. The Hall–Kier alpha value is -1.11. The molecule has 0 saturated heterocycles. The highest BCUT2D eigenvalue weighted by Gasteiger charge is 2.56. The van der Waals surface area contributed by atoms with Crippen LogP contribution in [0.5, 0.6) is 0 Å². The molecule has 0 unspecified atom stereocenters. The Kier molecular flexibility index (Phi) is 7.54. The molecule has 0 aromatic carbocycles. The van der Waals surface area contributed by atoms with E-state index in [1.165, 1.54) is 6.92 Å². The molecule has 0 bridgehead atoms. The number of ether oxygens (including phenoxy) is 2. The molecule has 0 saturated carbocycles. The molecule has 1 N–H and O–H groups in total. The summed E-state index contributed by atoms with van der Waals surface area (Å²) in [5, 5.41) is 0.244. The van der Waals surface area contributed by atoms with Crippen molar-refractivity contribution in [3.8, 4) is 0 Å². The molecule has 0 heterocycles. The number of alkyl carbamates (subject to hydrolysis) is 1. The van der Waals surface area contributed by atoms with Gasteiger partial charge in [0.25, 0.3) is 0 Å². The number of carbonyl (C=O) groups is 2. The van der Waals surface area contributed by atoms with E-state index in [0.717, 1.165) is 7.11 Å². The van der Waals surface area contributed by atoms with Gasteiger partial charge in [0.05, 0.1) is 20.3 Å². The minimum atomic E-state index is -4.02. The SMILES string of the molecule is CCOP(=O)(OCC)[C@](C)(NC(=O)OC(C)(C)C)C(=O)OC. The van der Waals surface area contributed by atoms with Gasteiger partial charge in [0.1, 0.15) is 5.60 Å². The third-order valence-corrected chi connectivity index (χ3v) is 5.06. The molecule has 0 radical (unpaired) electrons. The number of rotatable bonds is 7. The fourth-order valence-electron chi connectivity index (χ4n) is 1.57. The minimum Gasteiger partial charge on any atom is -0.467 e. The molecule has 0 aliphatic rings. The number of methoxy groups -OCH3 is 1. The van der Waals surface area contributed by atoms with Crippen LogP contribution in [0, 0.1) is 0 Å². The van der Waals surface area contributed by atoms with Crippen molar-refractivity contribution in [1.82, 2.24) is 5.32 Å². The molecule has 130 valence electrons. The standard InChI is InChI=1S/C13H26NO7P/c1-8-19-22(17,20-9-2)13(6,10(15)18-7)14-11(16)21-12(3,4)5/h8-9H2,1-7H3,(H,14,16)/t13-/m0/s1. The molecule has 22 heavy (non-hydrogen) atoms. The fraction of sp³-hybridized carbons (Fsp3) is 0.846. The molecule has 1 atom stereocenters. The van der Waals surface area contributed by atoms with Crippen LogP contribution in [-0.4, -0.2) is 43.3 Å². The van der Waals surface area contributed by atoms with E-state index >= 15 is 0 Å². The summed E-state index contributed by atoms with van der Waals surface area (Å²) in [6.45, 7) is 9.44. The number of amides is 1. The highest BCUT2D eigenvalue weighted by molar-refractivity contribution is 7.56. The maximum atomic E-state index is 12.9. The Morgan fingerprint density at radius 2 is 1.50 bits per heavy atom. The maximum absolute atomic E-state index is 12.9. The van der Waals surface area contributed by atoms with Gasteiger partial charge in [-0.05, 0) is 41.5 Å². The second kappa shape index (κ2) is 7.94. The fourth-order valence-corrected chi connectivity index (χ4v) is 3.38. The Labute approximate surface area is 131 Å². The van der Waals surface area contributed by atoms with Gasteiger partial charge in [0.2, 0.25) is 5.28 Å². The predicted molar refractivity (Wildman–Crippen MR) is 80.6 cm³/mol. The van der Waals surface area contributed by atoms with Gasteiger partial charge < -0.3 is 18.5 Å². The van der Waals surface area contributed by atoms with Gasteiger partial charge in [0, 0.05) is 0 Å². The first-order valence-electron chi connectivity index (χ1n) is 6.94. The molecule has 0 aromatic heterocycles. The number of hydrogen-bond donors (Lipinski definition) is 1. The van der Waals surface area contributed by atoms with E-state index in [0.29, 0.717) is 0 Å². The Morgan fingerprint density at radius 3 is 1.82 bits per heavy atom. The first-order valence-corrected chi connectivity index (χ1v) is 8.48. The molecular weight excluding hydrogens is 313 g/mol. The van der Waals surface area contributed by atoms with Crippen LogP contribution in [0.15, 0.2) is 0 Å². The quantitative estimate of drug-likeness (QED) is 0.562. The maximum Gasteiger partial charge on any atom is 0.409 e. The van der Waals surface area contributed by atoms with E-state index in [9.17, 15) is 14.2 Å². The minimum absolute atomic E-state index is 0.0276. The molecular formula is C13H26NO7P. The van der Waals surface area contributed by atoms with Gasteiger partial charge in [-0.15, -0.1) is 0 Å². The molecule has 0 rings (SSSR count). The second-order valence-electron chi connectivity index (χ2n) is 5.52. The summed E-state index contributed by atoms with van der Waals surface area (Å²) in [7, 11) is -2.91. The van der Waals surface area contributed by atoms with E-state index in [-0.39, 0.29) is 13.2 Å². The lowest BCUT2D eigenvalue weighted by atomic mass is 10.2. The lowest BCUT2D eigenvalue weighted by Crippen LogP contribution is -2.54. The van der Waals surface area contributed by atoms with Crippen molar-refractivity contribution in [2.45, 2.75) is 52.4 Å². The monoisotopic (exact) mass is 339 g/mol. The van der Waals surface area contributed by atoms with Crippen molar-refractivity contribution >= 4 is 19.7 Å². The number of esters is 1. The van der Waals surface area contributed by atoms with Crippen LogP contribution < -0.4 is 5.32 Å². The Morgan fingerprint density at radius 1 is 1.05 bits per heavy atom. The lowest BCUT2D eigenvalue weighted by molar-refractivity contribution is -0.145. The van der Waals surface area contributed by atoms with E-state index in [1.54, 1.807) is 34.6 Å². The third-order valence-electron chi connectivity index (χ3n) is 2.47. The summed E-state index contributed by atoms with van der Waals surface area (Å²) in [4.78, 5) is 24.1. The Balaban J connectivity index is 5.61. The van der Waals surface area contributed by atoms with Gasteiger partial charge in [-0.25, -0.2) is 9.59 Å². The van der Waals surface area contributed by atoms with Gasteiger partial charge in [0.15, 0.2) is 0 Å². The van der Waals surface area contributed by atoms with Crippen LogP contribution in [0.1, 0.15) is 41.5 Å². The van der Waals surface area contributed by atoms with E-state index in [4.69, 9.17) is 13.8 Å². The van der Waals surface area contributed by atoms with E-state index in [2.05, 4.69) is 10.1 Å². The number of nitrogens with one attached hydrogen (secondary N) is 1. The van der Waals surface area contributed by atoms with E-state index < -0.39 is 30.5 Å². The van der Waals surface area contributed by atoms with Crippen LogP contribution in [0.25, 0.3) is 0 Å². The molecule has 0 fully saturated rings. The molecule has 0 aromatic rings. The second-order valence-corrected chi connectivity index (χ2v) is 7.93. The van der Waals surface area contributed by atoms with Crippen LogP contribution >= 0.6 is 7.60 Å². The average molecular weight is 339 g/mol. The average Bonchev–Trinajstić information content (AvgIpc) is 2.35.